The van der Waals surface area contributed by atoms with Crippen LogP contribution in [0.25, 0.3) is 0 Å². The molecule has 7 heteroatoms. The lowest BCUT2D eigenvalue weighted by molar-refractivity contribution is -0.113. The monoisotopic (exact) mass is 400 g/mol. The van der Waals surface area contributed by atoms with Crippen LogP contribution < -0.4 is 9.64 Å². The minimum absolute atomic E-state index is 0.149. The Kier molecular flexibility index (Phi) is 5.34. The highest BCUT2D eigenvalue weighted by Crippen LogP contribution is 2.39. The highest BCUT2D eigenvalue weighted by molar-refractivity contribution is 6.33. The molecule has 3 rings (SSSR count). The molecule has 0 saturated carbocycles. The van der Waals surface area contributed by atoms with Gasteiger partial charge in [0.25, 0.3) is 5.91 Å². The maximum absolute atomic E-state index is 13.1. The summed E-state index contributed by atoms with van der Waals surface area (Å²) in [4.78, 5) is 28.3. The van der Waals surface area contributed by atoms with E-state index in [9.17, 15) is 14.7 Å². The van der Waals surface area contributed by atoms with E-state index in [1.54, 1.807) is 18.9 Å². The molecule has 0 aliphatic carbocycles. The van der Waals surface area contributed by atoms with Gasteiger partial charge in [-0.1, -0.05) is 30.3 Å². The molecule has 0 aromatic heterocycles. The zero-order chi connectivity index (χ0) is 20.6. The van der Waals surface area contributed by atoms with E-state index < -0.39 is 0 Å². The van der Waals surface area contributed by atoms with Gasteiger partial charge in [0.15, 0.2) is 0 Å². The summed E-state index contributed by atoms with van der Waals surface area (Å²) in [5.74, 6) is -0.434. The van der Waals surface area contributed by atoms with Crippen molar-refractivity contribution in [1.29, 1.82) is 0 Å². The number of rotatable bonds is 4. The molecule has 0 bridgehead atoms. The Morgan fingerprint density at radius 2 is 2.07 bits per heavy atom. The lowest BCUT2D eigenvalue weighted by Gasteiger charge is -2.21. The number of hydrogen-bond acceptors (Lipinski definition) is 4. The number of phenols is 1. The first-order valence-electron chi connectivity index (χ1n) is 8.66. The molecule has 1 aliphatic rings. The lowest BCUT2D eigenvalue weighted by Crippen LogP contribution is -2.27. The second-order valence-electron chi connectivity index (χ2n) is 6.59. The Labute approximate surface area is 168 Å². The minimum Gasteiger partial charge on any atom is -0.507 e. The average Bonchev–Trinajstić information content (AvgIpc) is 3.13. The van der Waals surface area contributed by atoms with Crippen molar-refractivity contribution in [2.45, 2.75) is 20.0 Å². The number of phenolic OH excluding ortho intramolecular Hbond substituents is 1. The Hall–Kier alpha value is -2.99. The molecule has 1 N–H and O–H groups in total. The predicted molar refractivity (Wildman–Crippen MR) is 108 cm³/mol. The number of likely N-dealkylation sites (N-methyl/N-ethyl adjacent to an activating group) is 1. The lowest BCUT2D eigenvalue weighted by atomic mass is 10.1. The highest BCUT2D eigenvalue weighted by Gasteiger charge is 2.31. The van der Waals surface area contributed by atoms with E-state index in [4.69, 9.17) is 16.3 Å². The van der Waals surface area contributed by atoms with E-state index in [0.717, 1.165) is 16.8 Å². The van der Waals surface area contributed by atoms with E-state index in [0.29, 0.717) is 24.4 Å². The Balaban J connectivity index is 1.96. The van der Waals surface area contributed by atoms with Crippen LogP contribution in [0.4, 0.5) is 5.69 Å². The van der Waals surface area contributed by atoms with Crippen LogP contribution >= 0.6 is 11.6 Å². The van der Waals surface area contributed by atoms with Gasteiger partial charge in [-0.05, 0) is 30.2 Å². The van der Waals surface area contributed by atoms with Gasteiger partial charge >= 0.3 is 0 Å². The average molecular weight is 401 g/mol. The normalized spacial score (nSPS) is 12.5. The topological polar surface area (TPSA) is 70.1 Å². The van der Waals surface area contributed by atoms with E-state index in [2.05, 4.69) is 6.58 Å². The molecule has 2 aromatic carbocycles. The van der Waals surface area contributed by atoms with Gasteiger partial charge in [-0.3, -0.25) is 9.59 Å². The quantitative estimate of drug-likeness (QED) is 0.795. The predicted octanol–water partition coefficient (Wildman–Crippen LogP) is 3.67. The van der Waals surface area contributed by atoms with Crippen molar-refractivity contribution in [3.63, 3.8) is 0 Å². The summed E-state index contributed by atoms with van der Waals surface area (Å²) in [5.41, 5.74) is 3.18. The molecular formula is C21H21ClN2O4. The summed E-state index contributed by atoms with van der Waals surface area (Å²) in [6.45, 7) is 5.89. The second-order valence-corrected chi connectivity index (χ2v) is 6.97. The third kappa shape index (κ3) is 3.20. The largest absolute Gasteiger partial charge is 0.507 e. The summed E-state index contributed by atoms with van der Waals surface area (Å²) in [5, 5.41) is 10.7. The number of benzene rings is 2. The van der Waals surface area contributed by atoms with Crippen LogP contribution in [0.1, 0.15) is 27.0 Å². The number of methoxy groups -OCH3 is 1. The van der Waals surface area contributed by atoms with Gasteiger partial charge in [-0.15, -0.1) is 0 Å². The Bertz CT molecular complexity index is 987. The molecule has 2 amide bonds. The van der Waals surface area contributed by atoms with E-state index in [1.165, 1.54) is 24.2 Å². The van der Waals surface area contributed by atoms with Gasteiger partial charge in [-0.2, -0.15) is 0 Å². The number of carbonyl (C=O) groups excluding carboxylic acids is 2. The van der Waals surface area contributed by atoms with Crippen molar-refractivity contribution in [3.8, 4) is 11.5 Å². The Morgan fingerprint density at radius 1 is 1.36 bits per heavy atom. The summed E-state index contributed by atoms with van der Waals surface area (Å²) in [6, 6.07) is 6.95. The SMILES string of the molecule is C=CC(=O)N(C)c1cccc2c1CN(C(=O)c1c(O)cc(OC)c(Cl)c1C)C2. The molecule has 0 unspecified atom stereocenters. The van der Waals surface area contributed by atoms with Crippen LogP contribution in [-0.2, 0) is 17.9 Å². The first-order chi connectivity index (χ1) is 13.3. The van der Waals surface area contributed by atoms with Crippen molar-refractivity contribution in [2.75, 3.05) is 19.1 Å². The van der Waals surface area contributed by atoms with Gasteiger partial charge in [0.05, 0.1) is 17.7 Å². The number of hydrogen-bond donors (Lipinski definition) is 1. The molecular weight excluding hydrogens is 380 g/mol. The molecule has 1 aliphatic heterocycles. The van der Waals surface area contributed by atoms with Crippen LogP contribution in [0, 0.1) is 6.92 Å². The fourth-order valence-electron chi connectivity index (χ4n) is 3.44. The van der Waals surface area contributed by atoms with E-state index in [-0.39, 0.29) is 28.1 Å². The summed E-state index contributed by atoms with van der Waals surface area (Å²) < 4.78 is 5.13. The summed E-state index contributed by atoms with van der Waals surface area (Å²) in [7, 11) is 3.12. The summed E-state index contributed by atoms with van der Waals surface area (Å²) >= 11 is 6.27. The molecule has 6 nitrogen and oxygen atoms in total. The highest BCUT2D eigenvalue weighted by atomic mass is 35.5. The van der Waals surface area contributed by atoms with Crippen LogP contribution in [0.3, 0.4) is 0 Å². The van der Waals surface area contributed by atoms with E-state index in [1.807, 2.05) is 18.2 Å². The zero-order valence-electron chi connectivity index (χ0n) is 16.0. The molecule has 146 valence electrons. The first-order valence-corrected chi connectivity index (χ1v) is 9.04. The zero-order valence-corrected chi connectivity index (χ0v) is 16.7. The molecule has 2 aromatic rings. The molecule has 0 saturated heterocycles. The van der Waals surface area contributed by atoms with Gasteiger partial charge in [0, 0.05) is 37.5 Å². The molecule has 0 spiro atoms. The maximum Gasteiger partial charge on any atom is 0.258 e. The van der Waals surface area contributed by atoms with Gasteiger partial charge in [0.2, 0.25) is 5.91 Å². The molecule has 0 atom stereocenters. The summed E-state index contributed by atoms with van der Waals surface area (Å²) in [6.07, 6.45) is 1.25. The third-order valence-electron chi connectivity index (χ3n) is 4.99. The van der Waals surface area contributed by atoms with Crippen molar-refractivity contribution < 1.29 is 19.4 Å². The van der Waals surface area contributed by atoms with Crippen molar-refractivity contribution >= 4 is 29.1 Å². The maximum atomic E-state index is 13.1. The number of ether oxygens (including phenoxy) is 1. The number of nitrogens with zero attached hydrogens (tertiary/aromatic N) is 2. The number of halogens is 1. The van der Waals surface area contributed by atoms with Crippen LogP contribution in [0.2, 0.25) is 5.02 Å². The van der Waals surface area contributed by atoms with E-state index >= 15 is 0 Å². The van der Waals surface area contributed by atoms with Crippen molar-refractivity contribution in [3.05, 3.63) is 64.2 Å². The fourth-order valence-corrected chi connectivity index (χ4v) is 3.67. The second kappa shape index (κ2) is 7.56. The van der Waals surface area contributed by atoms with Crippen LogP contribution in [-0.4, -0.2) is 36.0 Å². The van der Waals surface area contributed by atoms with Crippen molar-refractivity contribution in [2.24, 2.45) is 0 Å². The molecule has 0 fully saturated rings. The fraction of sp³-hybridized carbons (Fsp3) is 0.238. The molecule has 28 heavy (non-hydrogen) atoms. The molecule has 1 heterocycles. The standard InChI is InChI=1S/C21H21ClN2O4/c1-5-18(26)23(3)15-8-6-7-13-10-24(11-14(13)15)21(27)19-12(2)20(22)17(28-4)9-16(19)25/h5-9,25H,1,10-11H2,2-4H3. The van der Waals surface area contributed by atoms with Gasteiger partial charge < -0.3 is 19.6 Å². The Morgan fingerprint density at radius 3 is 2.71 bits per heavy atom. The van der Waals surface area contributed by atoms with Crippen molar-refractivity contribution in [1.82, 2.24) is 4.90 Å². The number of amides is 2. The number of aromatic hydroxyl groups is 1. The van der Waals surface area contributed by atoms with Crippen LogP contribution in [0.15, 0.2) is 36.9 Å². The molecule has 0 radical (unpaired) electrons. The first kappa shape index (κ1) is 19.8. The number of anilines is 1. The van der Waals surface area contributed by atoms with Gasteiger partial charge in [0.1, 0.15) is 11.5 Å². The van der Waals surface area contributed by atoms with Gasteiger partial charge in [-0.25, -0.2) is 0 Å². The minimum atomic E-state index is -0.334. The third-order valence-corrected chi connectivity index (χ3v) is 5.46. The van der Waals surface area contributed by atoms with Crippen LogP contribution in [0.5, 0.6) is 11.5 Å². The number of fused-ring (bicyclic) bond motifs is 1. The number of carbonyl (C=O) groups is 2. The smallest absolute Gasteiger partial charge is 0.258 e.